The lowest BCUT2D eigenvalue weighted by molar-refractivity contribution is -0.155. The van der Waals surface area contributed by atoms with Gasteiger partial charge in [-0.15, -0.1) is 0 Å². The Labute approximate surface area is 126 Å². The summed E-state index contributed by atoms with van der Waals surface area (Å²) >= 11 is 0. The molecule has 3 fully saturated rings. The van der Waals surface area contributed by atoms with Crippen LogP contribution in [0.5, 0.6) is 0 Å². The van der Waals surface area contributed by atoms with E-state index in [1.54, 1.807) is 12.1 Å². The van der Waals surface area contributed by atoms with Crippen LogP contribution in [-0.4, -0.2) is 36.1 Å². The molecule has 2 aromatic rings. The predicted octanol–water partition coefficient (Wildman–Crippen LogP) is 2.28. The molecule has 4 aliphatic rings. The number of hydrogen-bond acceptors (Lipinski definition) is 5. The molecule has 1 spiro atoms. The summed E-state index contributed by atoms with van der Waals surface area (Å²) in [6.45, 7) is 3.05. The summed E-state index contributed by atoms with van der Waals surface area (Å²) in [7, 11) is 0. The van der Waals surface area contributed by atoms with Crippen molar-refractivity contribution in [1.82, 2.24) is 10.4 Å². The molecule has 22 heavy (non-hydrogen) atoms. The molecule has 1 aromatic carbocycles. The fourth-order valence-electron chi connectivity index (χ4n) is 3.86. The van der Waals surface area contributed by atoms with E-state index in [9.17, 15) is 4.39 Å². The number of hydrogen-bond donors (Lipinski definition) is 1. The maximum absolute atomic E-state index is 13.8. The lowest BCUT2D eigenvalue weighted by atomic mass is 9.81. The number of amidine groups is 1. The van der Waals surface area contributed by atoms with Gasteiger partial charge in [0.1, 0.15) is 0 Å². The van der Waals surface area contributed by atoms with Gasteiger partial charge in [0, 0.05) is 11.3 Å². The Morgan fingerprint density at radius 2 is 2.18 bits per heavy atom. The molecule has 1 N–H and O–H groups in total. The summed E-state index contributed by atoms with van der Waals surface area (Å²) in [4.78, 5) is 13.0. The summed E-state index contributed by atoms with van der Waals surface area (Å²) in [5, 5.41) is 0.731. The van der Waals surface area contributed by atoms with E-state index in [4.69, 9.17) is 14.2 Å². The third-order valence-corrected chi connectivity index (χ3v) is 5.03. The van der Waals surface area contributed by atoms with E-state index in [0.29, 0.717) is 17.5 Å². The first kappa shape index (κ1) is 12.6. The number of furan rings is 1. The van der Waals surface area contributed by atoms with Crippen LogP contribution in [-0.2, 0) is 4.84 Å². The molecule has 2 bridgehead atoms. The molecule has 0 aliphatic carbocycles. The number of benzene rings is 1. The van der Waals surface area contributed by atoms with E-state index in [1.807, 2.05) is 6.07 Å². The highest BCUT2D eigenvalue weighted by atomic mass is 19.1. The number of aliphatic imine (C=N–C) groups is 1. The van der Waals surface area contributed by atoms with Gasteiger partial charge < -0.3 is 4.42 Å². The van der Waals surface area contributed by atoms with Crippen LogP contribution in [0.3, 0.4) is 0 Å². The molecular weight excluding hydrogens is 285 g/mol. The number of fused-ring (bicyclic) bond motifs is 3. The lowest BCUT2D eigenvalue weighted by Gasteiger charge is -2.47. The highest BCUT2D eigenvalue weighted by Crippen LogP contribution is 2.41. The fourth-order valence-corrected chi connectivity index (χ4v) is 3.86. The monoisotopic (exact) mass is 301 g/mol. The SMILES string of the molecule is Fc1cccc2cc(C3=NC4(CN5CCC4CC5)ON3)oc12. The number of piperidine rings is 3. The topological polar surface area (TPSA) is 50.0 Å². The van der Waals surface area contributed by atoms with Gasteiger partial charge in [0.05, 0.1) is 6.54 Å². The zero-order valence-corrected chi connectivity index (χ0v) is 12.0. The standard InChI is InChI=1S/C16H16FN3O2/c17-12-3-1-2-10-8-13(21-14(10)12)15-18-16(22-19-15)9-20-6-4-11(16)5-7-20/h1-3,8,11H,4-7,9H2,(H,18,19). The quantitative estimate of drug-likeness (QED) is 0.878. The van der Waals surface area contributed by atoms with Crippen LogP contribution in [0.2, 0.25) is 0 Å². The molecule has 1 unspecified atom stereocenters. The third-order valence-electron chi connectivity index (χ3n) is 5.03. The summed E-state index contributed by atoms with van der Waals surface area (Å²) < 4.78 is 19.4. The molecular formula is C16H16FN3O2. The Morgan fingerprint density at radius 1 is 1.32 bits per heavy atom. The molecule has 5 heterocycles. The lowest BCUT2D eigenvalue weighted by Crippen LogP contribution is -2.58. The molecule has 1 atom stereocenters. The van der Waals surface area contributed by atoms with Crippen LogP contribution in [0.15, 0.2) is 33.7 Å². The van der Waals surface area contributed by atoms with Crippen molar-refractivity contribution in [2.24, 2.45) is 10.9 Å². The number of hydroxylamine groups is 1. The largest absolute Gasteiger partial charge is 0.450 e. The molecule has 3 saturated heterocycles. The van der Waals surface area contributed by atoms with Crippen molar-refractivity contribution in [3.8, 4) is 0 Å². The summed E-state index contributed by atoms with van der Waals surface area (Å²) in [6.07, 6.45) is 2.21. The van der Waals surface area contributed by atoms with Crippen molar-refractivity contribution in [3.63, 3.8) is 0 Å². The van der Waals surface area contributed by atoms with E-state index < -0.39 is 5.72 Å². The van der Waals surface area contributed by atoms with Gasteiger partial charge in [-0.3, -0.25) is 4.90 Å². The molecule has 0 radical (unpaired) electrons. The second-order valence-corrected chi connectivity index (χ2v) is 6.33. The summed E-state index contributed by atoms with van der Waals surface area (Å²) in [5.74, 6) is 1.15. The number of para-hydroxylation sites is 1. The molecule has 4 aliphatic heterocycles. The van der Waals surface area contributed by atoms with Crippen LogP contribution in [0.4, 0.5) is 4.39 Å². The first-order chi connectivity index (χ1) is 10.7. The zero-order valence-electron chi connectivity index (χ0n) is 12.0. The second-order valence-electron chi connectivity index (χ2n) is 6.33. The van der Waals surface area contributed by atoms with E-state index in [-0.39, 0.29) is 11.4 Å². The van der Waals surface area contributed by atoms with Gasteiger partial charge >= 0.3 is 0 Å². The minimum absolute atomic E-state index is 0.261. The minimum Gasteiger partial charge on any atom is -0.450 e. The van der Waals surface area contributed by atoms with Crippen LogP contribution in [0.25, 0.3) is 11.0 Å². The fraction of sp³-hybridized carbons (Fsp3) is 0.438. The molecule has 0 saturated carbocycles. The maximum Gasteiger partial charge on any atom is 0.203 e. The average Bonchev–Trinajstić information content (AvgIpc) is 3.14. The Hall–Kier alpha value is -1.92. The van der Waals surface area contributed by atoms with Crippen molar-refractivity contribution in [3.05, 3.63) is 35.8 Å². The number of nitrogens with one attached hydrogen (secondary N) is 1. The number of rotatable bonds is 1. The number of nitrogens with zero attached hydrogens (tertiary/aromatic N) is 2. The minimum atomic E-state index is -0.511. The molecule has 6 rings (SSSR count). The molecule has 114 valence electrons. The van der Waals surface area contributed by atoms with E-state index in [2.05, 4.69) is 10.4 Å². The van der Waals surface area contributed by atoms with Crippen LogP contribution in [0.1, 0.15) is 18.6 Å². The molecule has 0 amide bonds. The summed E-state index contributed by atoms with van der Waals surface area (Å²) in [5.41, 5.74) is 2.66. The van der Waals surface area contributed by atoms with Gasteiger partial charge in [0.25, 0.3) is 0 Å². The van der Waals surface area contributed by atoms with Crippen molar-refractivity contribution < 1.29 is 13.6 Å². The number of halogens is 1. The maximum atomic E-state index is 13.8. The molecule has 6 heteroatoms. The third kappa shape index (κ3) is 1.68. The van der Waals surface area contributed by atoms with Crippen LogP contribution < -0.4 is 5.48 Å². The van der Waals surface area contributed by atoms with Gasteiger partial charge in [0.15, 0.2) is 23.0 Å². The van der Waals surface area contributed by atoms with Crippen molar-refractivity contribution in [1.29, 1.82) is 0 Å². The van der Waals surface area contributed by atoms with Crippen molar-refractivity contribution in [2.45, 2.75) is 18.6 Å². The van der Waals surface area contributed by atoms with Crippen molar-refractivity contribution >= 4 is 16.8 Å². The Bertz CT molecular complexity index is 779. The predicted molar refractivity (Wildman–Crippen MR) is 78.8 cm³/mol. The summed E-state index contributed by atoms with van der Waals surface area (Å²) in [6, 6.07) is 6.69. The second kappa shape index (κ2) is 4.30. The van der Waals surface area contributed by atoms with Gasteiger partial charge in [-0.25, -0.2) is 19.7 Å². The van der Waals surface area contributed by atoms with Crippen LogP contribution in [0, 0.1) is 11.7 Å². The molecule has 1 aromatic heterocycles. The highest BCUT2D eigenvalue weighted by molar-refractivity contribution is 6.00. The van der Waals surface area contributed by atoms with Gasteiger partial charge in [0.2, 0.25) is 5.72 Å². The zero-order chi connectivity index (χ0) is 14.7. The smallest absolute Gasteiger partial charge is 0.203 e. The van der Waals surface area contributed by atoms with Gasteiger partial charge in [-0.05, 0) is 38.1 Å². The van der Waals surface area contributed by atoms with Crippen LogP contribution >= 0.6 is 0 Å². The first-order valence-corrected chi connectivity index (χ1v) is 7.68. The van der Waals surface area contributed by atoms with Gasteiger partial charge in [-0.2, -0.15) is 0 Å². The van der Waals surface area contributed by atoms with Gasteiger partial charge in [-0.1, -0.05) is 12.1 Å². The first-order valence-electron chi connectivity index (χ1n) is 7.68. The van der Waals surface area contributed by atoms with E-state index in [1.165, 1.54) is 6.07 Å². The Morgan fingerprint density at radius 3 is 2.91 bits per heavy atom. The highest BCUT2D eigenvalue weighted by Gasteiger charge is 2.51. The average molecular weight is 301 g/mol. The molecule has 5 nitrogen and oxygen atoms in total. The van der Waals surface area contributed by atoms with E-state index in [0.717, 1.165) is 37.9 Å². The van der Waals surface area contributed by atoms with E-state index >= 15 is 0 Å². The normalized spacial score (nSPS) is 33.4. The Balaban J connectivity index is 1.55. The van der Waals surface area contributed by atoms with Crippen molar-refractivity contribution in [2.75, 3.05) is 19.6 Å². The Kier molecular flexibility index (Phi) is 2.46.